The third-order valence-corrected chi connectivity index (χ3v) is 4.81. The van der Waals surface area contributed by atoms with Gasteiger partial charge in [-0.25, -0.2) is 4.39 Å². The Labute approximate surface area is 142 Å². The number of nitrogens with one attached hydrogen (secondary N) is 1. The van der Waals surface area contributed by atoms with Crippen LogP contribution in [0.1, 0.15) is 28.2 Å². The normalized spacial score (nSPS) is 17.5. The van der Waals surface area contributed by atoms with Crippen LogP contribution in [0.3, 0.4) is 0 Å². The molecule has 3 rings (SSSR count). The molecule has 1 saturated heterocycles. The molecule has 5 heteroatoms. The molecule has 0 spiro atoms. The number of hydrogen-bond donors (Lipinski definition) is 1. The molecule has 0 bridgehead atoms. The Morgan fingerprint density at radius 3 is 2.67 bits per heavy atom. The number of aryl methyl sites for hydroxylation is 1. The second-order valence-electron chi connectivity index (χ2n) is 6.56. The van der Waals surface area contributed by atoms with E-state index in [0.717, 1.165) is 48.7 Å². The zero-order valence-corrected chi connectivity index (χ0v) is 14.5. The third-order valence-electron chi connectivity index (χ3n) is 4.81. The summed E-state index contributed by atoms with van der Waals surface area (Å²) < 4.78 is 15.2. The molecule has 2 aromatic rings. The molecule has 2 heterocycles. The van der Waals surface area contributed by atoms with Crippen molar-refractivity contribution in [2.45, 2.75) is 20.3 Å². The molecule has 0 radical (unpaired) electrons. The molecule has 0 aliphatic carbocycles. The number of rotatable bonds is 4. The summed E-state index contributed by atoms with van der Waals surface area (Å²) in [7, 11) is 1.95. The van der Waals surface area contributed by atoms with E-state index < -0.39 is 0 Å². The summed E-state index contributed by atoms with van der Waals surface area (Å²) >= 11 is 0. The van der Waals surface area contributed by atoms with Gasteiger partial charge in [0.25, 0.3) is 5.91 Å². The summed E-state index contributed by atoms with van der Waals surface area (Å²) in [6.07, 6.45) is 1.04. The van der Waals surface area contributed by atoms with E-state index in [1.807, 2.05) is 36.4 Å². The van der Waals surface area contributed by atoms with Crippen LogP contribution in [0.15, 0.2) is 30.3 Å². The molecule has 1 aromatic heterocycles. The number of benzene rings is 1. The van der Waals surface area contributed by atoms with E-state index in [1.54, 1.807) is 12.1 Å². The van der Waals surface area contributed by atoms with E-state index >= 15 is 0 Å². The second kappa shape index (κ2) is 6.77. The summed E-state index contributed by atoms with van der Waals surface area (Å²) in [6.45, 7) is 6.48. The average Bonchev–Trinajstić information content (AvgIpc) is 3.13. The summed E-state index contributed by atoms with van der Waals surface area (Å²) in [6, 6.07) is 8.30. The van der Waals surface area contributed by atoms with Crippen molar-refractivity contribution in [2.24, 2.45) is 5.92 Å². The molecule has 1 aliphatic heterocycles. The van der Waals surface area contributed by atoms with Crippen LogP contribution in [0.4, 0.5) is 4.39 Å². The summed E-state index contributed by atoms with van der Waals surface area (Å²) in [5.41, 5.74) is 3.50. The molecule has 1 aliphatic rings. The number of nitrogens with zero attached hydrogens (tertiary/aromatic N) is 2. The van der Waals surface area contributed by atoms with Gasteiger partial charge >= 0.3 is 0 Å². The minimum Gasteiger partial charge on any atom is -0.338 e. The van der Waals surface area contributed by atoms with Crippen molar-refractivity contribution in [3.63, 3.8) is 0 Å². The van der Waals surface area contributed by atoms with Crippen LogP contribution in [0.5, 0.6) is 0 Å². The highest BCUT2D eigenvalue weighted by atomic mass is 19.1. The minimum atomic E-state index is -0.259. The molecule has 128 valence electrons. The number of likely N-dealkylation sites (tertiary alicyclic amines) is 1. The van der Waals surface area contributed by atoms with Gasteiger partial charge in [0.15, 0.2) is 0 Å². The lowest BCUT2D eigenvalue weighted by molar-refractivity contribution is 0.0786. The minimum absolute atomic E-state index is 0.0927. The highest BCUT2D eigenvalue weighted by Crippen LogP contribution is 2.25. The average molecular weight is 329 g/mol. The first-order valence-electron chi connectivity index (χ1n) is 8.40. The van der Waals surface area contributed by atoms with Gasteiger partial charge in [-0.2, -0.15) is 0 Å². The first-order valence-corrected chi connectivity index (χ1v) is 8.40. The van der Waals surface area contributed by atoms with Gasteiger partial charge in [0.05, 0.1) is 5.56 Å². The van der Waals surface area contributed by atoms with Crippen LogP contribution in [0.2, 0.25) is 0 Å². The van der Waals surface area contributed by atoms with E-state index in [1.165, 1.54) is 12.1 Å². The molecule has 1 fully saturated rings. The van der Waals surface area contributed by atoms with Gasteiger partial charge in [-0.05, 0) is 70.1 Å². The topological polar surface area (TPSA) is 37.3 Å². The molecular weight excluding hydrogens is 305 g/mol. The molecule has 0 saturated carbocycles. The Morgan fingerprint density at radius 2 is 2.00 bits per heavy atom. The molecule has 1 aromatic carbocycles. The fourth-order valence-electron chi connectivity index (χ4n) is 3.61. The van der Waals surface area contributed by atoms with E-state index in [-0.39, 0.29) is 11.7 Å². The van der Waals surface area contributed by atoms with E-state index in [0.29, 0.717) is 5.92 Å². The van der Waals surface area contributed by atoms with Gasteiger partial charge < -0.3 is 14.8 Å². The number of amides is 1. The molecule has 24 heavy (non-hydrogen) atoms. The summed E-state index contributed by atoms with van der Waals surface area (Å²) in [4.78, 5) is 14.8. The molecule has 1 amide bonds. The van der Waals surface area contributed by atoms with E-state index in [9.17, 15) is 9.18 Å². The number of aromatic nitrogens is 1. The van der Waals surface area contributed by atoms with Crippen LogP contribution >= 0.6 is 0 Å². The largest absolute Gasteiger partial charge is 0.338 e. The fourth-order valence-corrected chi connectivity index (χ4v) is 3.61. The molecule has 1 atom stereocenters. The molecular formula is C19H24FN3O. The smallest absolute Gasteiger partial charge is 0.255 e. The standard InChI is InChI=1S/C19H24FN3O/c1-13-10-18(19(24)22-9-8-15(12-22)11-21-3)14(2)23(13)17-6-4-16(20)5-7-17/h4-7,10,15,21H,8-9,11-12H2,1-3H3. The highest BCUT2D eigenvalue weighted by molar-refractivity contribution is 5.96. The van der Waals surface area contributed by atoms with Crippen LogP contribution in [-0.2, 0) is 0 Å². The highest BCUT2D eigenvalue weighted by Gasteiger charge is 2.28. The van der Waals surface area contributed by atoms with Gasteiger partial charge in [-0.3, -0.25) is 4.79 Å². The predicted molar refractivity (Wildman–Crippen MR) is 93.1 cm³/mol. The van der Waals surface area contributed by atoms with Crippen LogP contribution < -0.4 is 5.32 Å². The number of halogens is 1. The van der Waals surface area contributed by atoms with Crippen molar-refractivity contribution >= 4 is 5.91 Å². The lowest BCUT2D eigenvalue weighted by Crippen LogP contribution is -2.30. The van der Waals surface area contributed by atoms with Crippen molar-refractivity contribution < 1.29 is 9.18 Å². The van der Waals surface area contributed by atoms with Crippen molar-refractivity contribution in [3.8, 4) is 5.69 Å². The van der Waals surface area contributed by atoms with Crippen molar-refractivity contribution in [1.29, 1.82) is 0 Å². The number of carbonyl (C=O) groups excluding carboxylic acids is 1. The lowest BCUT2D eigenvalue weighted by Gasteiger charge is -2.17. The van der Waals surface area contributed by atoms with Crippen LogP contribution in [-0.4, -0.2) is 42.1 Å². The lowest BCUT2D eigenvalue weighted by atomic mass is 10.1. The van der Waals surface area contributed by atoms with E-state index in [4.69, 9.17) is 0 Å². The van der Waals surface area contributed by atoms with Gasteiger partial charge in [0.2, 0.25) is 0 Å². The van der Waals surface area contributed by atoms with Crippen LogP contribution in [0.25, 0.3) is 5.69 Å². The maximum absolute atomic E-state index is 13.2. The predicted octanol–water partition coefficient (Wildman–Crippen LogP) is 2.91. The first kappa shape index (κ1) is 16.7. The molecule has 1 N–H and O–H groups in total. The van der Waals surface area contributed by atoms with Crippen molar-refractivity contribution in [3.05, 3.63) is 53.1 Å². The third kappa shape index (κ3) is 3.08. The zero-order chi connectivity index (χ0) is 17.3. The summed E-state index contributed by atoms with van der Waals surface area (Å²) in [5.74, 6) is 0.361. The summed E-state index contributed by atoms with van der Waals surface area (Å²) in [5, 5.41) is 3.19. The Kier molecular flexibility index (Phi) is 4.71. The SMILES string of the molecule is CNCC1CCN(C(=O)c2cc(C)n(-c3ccc(F)cc3)c2C)C1. The van der Waals surface area contributed by atoms with Crippen molar-refractivity contribution in [2.75, 3.05) is 26.7 Å². The first-order chi connectivity index (χ1) is 11.5. The zero-order valence-electron chi connectivity index (χ0n) is 14.5. The Bertz CT molecular complexity index is 736. The maximum atomic E-state index is 13.2. The second-order valence-corrected chi connectivity index (χ2v) is 6.56. The molecule has 4 nitrogen and oxygen atoms in total. The van der Waals surface area contributed by atoms with Gasteiger partial charge in [-0.15, -0.1) is 0 Å². The van der Waals surface area contributed by atoms with E-state index in [2.05, 4.69) is 5.32 Å². The maximum Gasteiger partial charge on any atom is 0.255 e. The van der Waals surface area contributed by atoms with Crippen LogP contribution in [0, 0.1) is 25.6 Å². The Morgan fingerprint density at radius 1 is 1.29 bits per heavy atom. The number of hydrogen-bond acceptors (Lipinski definition) is 2. The number of carbonyl (C=O) groups is 1. The van der Waals surface area contributed by atoms with Crippen molar-refractivity contribution in [1.82, 2.24) is 14.8 Å². The molecule has 1 unspecified atom stereocenters. The Balaban J connectivity index is 1.86. The fraction of sp³-hybridized carbons (Fsp3) is 0.421. The monoisotopic (exact) mass is 329 g/mol. The van der Waals surface area contributed by atoms with Gasteiger partial charge in [0, 0.05) is 30.2 Å². The van der Waals surface area contributed by atoms with Gasteiger partial charge in [-0.1, -0.05) is 0 Å². The quantitative estimate of drug-likeness (QED) is 0.936. The Hall–Kier alpha value is -2.14. The van der Waals surface area contributed by atoms with Gasteiger partial charge in [0.1, 0.15) is 5.82 Å².